The van der Waals surface area contributed by atoms with E-state index in [1.54, 1.807) is 11.6 Å². The average Bonchev–Trinajstić information content (AvgIpc) is 2.96. The number of nitrogens with two attached hydrogens (primary N) is 1. The highest BCUT2D eigenvalue weighted by atomic mass is 16.6. The first-order valence-electron chi connectivity index (χ1n) is 7.51. The smallest absolute Gasteiger partial charge is 0.273 e. The number of rotatable bonds is 5. The zero-order valence-electron chi connectivity index (χ0n) is 12.9. The molecule has 122 valence electrons. The Labute approximate surface area is 133 Å². The van der Waals surface area contributed by atoms with Crippen molar-refractivity contribution in [1.29, 1.82) is 0 Å². The van der Waals surface area contributed by atoms with Crippen LogP contribution in [-0.4, -0.2) is 47.2 Å². The molecule has 1 amide bonds. The van der Waals surface area contributed by atoms with Gasteiger partial charge in [0, 0.05) is 12.6 Å². The zero-order chi connectivity index (χ0) is 16.2. The van der Waals surface area contributed by atoms with Gasteiger partial charge in [0.05, 0.1) is 11.4 Å². The minimum atomic E-state index is -0.250. The van der Waals surface area contributed by atoms with E-state index in [9.17, 15) is 4.79 Å². The number of fused-ring (bicyclic) bond motifs is 1. The number of carbonyl (C=O) groups excluding carboxylic acids is 1. The molecule has 0 unspecified atom stereocenters. The summed E-state index contributed by atoms with van der Waals surface area (Å²) < 4.78 is 12.7. The van der Waals surface area contributed by atoms with E-state index in [0.717, 1.165) is 12.1 Å². The van der Waals surface area contributed by atoms with Gasteiger partial charge in [-0.1, -0.05) is 5.21 Å². The van der Waals surface area contributed by atoms with Crippen LogP contribution in [0.3, 0.4) is 0 Å². The number of carbonyl (C=O) groups is 1. The van der Waals surface area contributed by atoms with Gasteiger partial charge in [0.15, 0.2) is 17.2 Å². The molecule has 3 N–H and O–H groups in total. The number of ether oxygens (including phenoxy) is 2. The molecule has 23 heavy (non-hydrogen) atoms. The maximum Gasteiger partial charge on any atom is 0.273 e. The van der Waals surface area contributed by atoms with Gasteiger partial charge < -0.3 is 20.5 Å². The number of aromatic nitrogens is 3. The molecule has 2 aromatic rings. The molecule has 0 aliphatic carbocycles. The van der Waals surface area contributed by atoms with Crippen LogP contribution in [0, 0.1) is 6.92 Å². The van der Waals surface area contributed by atoms with Crippen LogP contribution in [0.1, 0.15) is 22.6 Å². The monoisotopic (exact) mass is 317 g/mol. The van der Waals surface area contributed by atoms with E-state index in [1.807, 2.05) is 18.2 Å². The molecule has 8 nitrogen and oxygen atoms in total. The predicted molar refractivity (Wildman–Crippen MR) is 83.1 cm³/mol. The van der Waals surface area contributed by atoms with Crippen molar-refractivity contribution in [3.63, 3.8) is 0 Å². The summed E-state index contributed by atoms with van der Waals surface area (Å²) in [4.78, 5) is 12.1. The summed E-state index contributed by atoms with van der Waals surface area (Å²) in [7, 11) is 0. The first-order valence-corrected chi connectivity index (χ1v) is 7.51. The van der Waals surface area contributed by atoms with Crippen LogP contribution in [0.5, 0.6) is 11.5 Å². The van der Waals surface area contributed by atoms with Crippen molar-refractivity contribution < 1.29 is 14.3 Å². The van der Waals surface area contributed by atoms with E-state index in [1.165, 1.54) is 0 Å². The molecule has 3 rings (SSSR count). The Morgan fingerprint density at radius 1 is 1.35 bits per heavy atom. The molecule has 0 saturated carbocycles. The number of amides is 1. The Hall–Kier alpha value is -2.61. The molecule has 0 spiro atoms. The molecule has 0 radical (unpaired) electrons. The van der Waals surface area contributed by atoms with Crippen molar-refractivity contribution >= 4 is 5.91 Å². The largest absolute Gasteiger partial charge is 0.486 e. The van der Waals surface area contributed by atoms with Gasteiger partial charge >= 0.3 is 0 Å². The topological polar surface area (TPSA) is 104 Å². The van der Waals surface area contributed by atoms with Gasteiger partial charge in [-0.25, -0.2) is 4.68 Å². The molecule has 0 bridgehead atoms. The van der Waals surface area contributed by atoms with E-state index in [2.05, 4.69) is 15.6 Å². The van der Waals surface area contributed by atoms with Crippen molar-refractivity contribution in [2.75, 3.05) is 26.3 Å². The van der Waals surface area contributed by atoms with Crippen LogP contribution >= 0.6 is 0 Å². The van der Waals surface area contributed by atoms with Gasteiger partial charge in [-0.2, -0.15) is 0 Å². The van der Waals surface area contributed by atoms with E-state index in [4.69, 9.17) is 15.2 Å². The standard InChI is InChI=1S/C15H19N5O3/c1-10-14(15(21)17-6-2-5-16)18-19-20(10)11-3-4-12-13(9-11)23-8-7-22-12/h3-4,9H,2,5-8,16H2,1H3,(H,17,21). The molecule has 8 heteroatoms. The van der Waals surface area contributed by atoms with E-state index in [0.29, 0.717) is 49.2 Å². The van der Waals surface area contributed by atoms with Gasteiger partial charge in [0.1, 0.15) is 13.2 Å². The maximum absolute atomic E-state index is 12.1. The number of hydrogen-bond acceptors (Lipinski definition) is 6. The third-order valence-electron chi connectivity index (χ3n) is 3.55. The van der Waals surface area contributed by atoms with Crippen LogP contribution < -0.4 is 20.5 Å². The first-order chi connectivity index (χ1) is 11.2. The van der Waals surface area contributed by atoms with Crippen LogP contribution in [0.4, 0.5) is 0 Å². The molecular weight excluding hydrogens is 298 g/mol. The summed E-state index contributed by atoms with van der Waals surface area (Å²) in [6.07, 6.45) is 0.723. The number of nitrogens with zero attached hydrogens (tertiary/aromatic N) is 3. The maximum atomic E-state index is 12.1. The van der Waals surface area contributed by atoms with Gasteiger partial charge in [0.25, 0.3) is 5.91 Å². The van der Waals surface area contributed by atoms with Gasteiger partial charge in [-0.15, -0.1) is 5.10 Å². The lowest BCUT2D eigenvalue weighted by atomic mass is 10.2. The van der Waals surface area contributed by atoms with Crippen molar-refractivity contribution in [2.45, 2.75) is 13.3 Å². The fourth-order valence-electron chi connectivity index (χ4n) is 2.34. The van der Waals surface area contributed by atoms with Crippen molar-refractivity contribution in [3.8, 4) is 17.2 Å². The molecular formula is C15H19N5O3. The fourth-order valence-corrected chi connectivity index (χ4v) is 2.34. The number of nitrogens with one attached hydrogen (secondary N) is 1. The lowest BCUT2D eigenvalue weighted by Gasteiger charge is -2.18. The Morgan fingerprint density at radius 3 is 2.91 bits per heavy atom. The third-order valence-corrected chi connectivity index (χ3v) is 3.55. The highest BCUT2D eigenvalue weighted by Gasteiger charge is 2.19. The van der Waals surface area contributed by atoms with Crippen molar-refractivity contribution in [1.82, 2.24) is 20.3 Å². The Balaban J connectivity index is 1.83. The summed E-state index contributed by atoms with van der Waals surface area (Å²) in [5, 5.41) is 10.8. The summed E-state index contributed by atoms with van der Waals surface area (Å²) in [6.45, 7) is 3.91. The summed E-state index contributed by atoms with van der Waals surface area (Å²) in [5.41, 5.74) is 7.14. The van der Waals surface area contributed by atoms with Gasteiger partial charge in [-0.3, -0.25) is 4.79 Å². The molecule has 1 aromatic carbocycles. The summed E-state index contributed by atoms with van der Waals surface area (Å²) in [5.74, 6) is 1.12. The second-order valence-corrected chi connectivity index (χ2v) is 5.16. The zero-order valence-corrected chi connectivity index (χ0v) is 12.9. The van der Waals surface area contributed by atoms with Crippen LogP contribution in [0.2, 0.25) is 0 Å². The molecule has 1 aliphatic rings. The summed E-state index contributed by atoms with van der Waals surface area (Å²) >= 11 is 0. The van der Waals surface area contributed by atoms with E-state index < -0.39 is 0 Å². The number of benzene rings is 1. The average molecular weight is 317 g/mol. The molecule has 0 atom stereocenters. The third kappa shape index (κ3) is 3.11. The normalized spacial score (nSPS) is 13.0. The molecule has 0 fully saturated rings. The van der Waals surface area contributed by atoms with Gasteiger partial charge in [-0.05, 0) is 32.0 Å². The lowest BCUT2D eigenvalue weighted by Crippen LogP contribution is -2.27. The fraction of sp³-hybridized carbons (Fsp3) is 0.400. The van der Waals surface area contributed by atoms with E-state index in [-0.39, 0.29) is 5.91 Å². The Morgan fingerprint density at radius 2 is 2.13 bits per heavy atom. The molecule has 1 aromatic heterocycles. The highest BCUT2D eigenvalue weighted by molar-refractivity contribution is 5.93. The molecule has 2 heterocycles. The Kier molecular flexibility index (Phi) is 4.42. The second-order valence-electron chi connectivity index (χ2n) is 5.16. The molecule has 0 saturated heterocycles. The van der Waals surface area contributed by atoms with Gasteiger partial charge in [0.2, 0.25) is 0 Å². The highest BCUT2D eigenvalue weighted by Crippen LogP contribution is 2.32. The quantitative estimate of drug-likeness (QED) is 0.775. The SMILES string of the molecule is Cc1c(C(=O)NCCCN)nnn1-c1ccc2c(c1)OCCO2. The van der Waals surface area contributed by atoms with E-state index >= 15 is 0 Å². The van der Waals surface area contributed by atoms with Crippen LogP contribution in [-0.2, 0) is 0 Å². The Bertz CT molecular complexity index is 713. The summed E-state index contributed by atoms with van der Waals surface area (Å²) in [6, 6.07) is 5.50. The lowest BCUT2D eigenvalue weighted by molar-refractivity contribution is 0.0948. The van der Waals surface area contributed by atoms with Crippen molar-refractivity contribution in [3.05, 3.63) is 29.6 Å². The van der Waals surface area contributed by atoms with Crippen LogP contribution in [0.15, 0.2) is 18.2 Å². The molecule has 1 aliphatic heterocycles. The second kappa shape index (κ2) is 6.66. The minimum absolute atomic E-state index is 0.250. The first kappa shape index (κ1) is 15.3. The predicted octanol–water partition coefficient (Wildman–Crippen LogP) is 0.426. The number of hydrogen-bond donors (Lipinski definition) is 2. The van der Waals surface area contributed by atoms with Crippen LogP contribution in [0.25, 0.3) is 5.69 Å². The van der Waals surface area contributed by atoms with Crippen molar-refractivity contribution in [2.24, 2.45) is 5.73 Å². The minimum Gasteiger partial charge on any atom is -0.486 e.